The van der Waals surface area contributed by atoms with Crippen molar-refractivity contribution in [3.8, 4) is 0 Å². The number of aliphatic hydroxyl groups is 1. The van der Waals surface area contributed by atoms with Crippen LogP contribution in [-0.4, -0.2) is 50.9 Å². The third-order valence-corrected chi connectivity index (χ3v) is 4.67. The van der Waals surface area contributed by atoms with Crippen molar-refractivity contribution in [3.05, 3.63) is 42.2 Å². The Kier molecular flexibility index (Phi) is 6.08. The minimum Gasteiger partial charge on any atom is -0.394 e. The molecule has 0 spiro atoms. The molecular formula is C19H25N5O3. The topological polar surface area (TPSA) is 99.5 Å². The quantitative estimate of drug-likeness (QED) is 0.752. The van der Waals surface area contributed by atoms with Crippen LogP contribution < -0.4 is 10.6 Å². The van der Waals surface area contributed by atoms with Crippen molar-refractivity contribution in [2.75, 3.05) is 23.8 Å². The Morgan fingerprint density at radius 2 is 1.93 bits per heavy atom. The van der Waals surface area contributed by atoms with Gasteiger partial charge in [-0.05, 0) is 50.5 Å². The van der Waals surface area contributed by atoms with Gasteiger partial charge in [-0.15, -0.1) is 0 Å². The van der Waals surface area contributed by atoms with E-state index in [2.05, 4.69) is 22.7 Å². The van der Waals surface area contributed by atoms with Gasteiger partial charge in [0.15, 0.2) is 0 Å². The van der Waals surface area contributed by atoms with Crippen molar-refractivity contribution in [1.82, 2.24) is 14.7 Å². The van der Waals surface area contributed by atoms with Crippen LogP contribution in [0.4, 0.5) is 16.2 Å². The molecule has 1 aliphatic rings. The summed E-state index contributed by atoms with van der Waals surface area (Å²) in [4.78, 5) is 26.6. The highest BCUT2D eigenvalue weighted by molar-refractivity contribution is 6.00. The van der Waals surface area contributed by atoms with E-state index in [1.807, 2.05) is 4.90 Å². The van der Waals surface area contributed by atoms with Crippen LogP contribution >= 0.6 is 0 Å². The van der Waals surface area contributed by atoms with Gasteiger partial charge < -0.3 is 20.6 Å². The van der Waals surface area contributed by atoms with Gasteiger partial charge in [-0.2, -0.15) is 5.10 Å². The summed E-state index contributed by atoms with van der Waals surface area (Å²) >= 11 is 0. The molecule has 2 aromatic rings. The lowest BCUT2D eigenvalue weighted by Gasteiger charge is -2.33. The first kappa shape index (κ1) is 18.9. The van der Waals surface area contributed by atoms with Gasteiger partial charge in [0.1, 0.15) is 0 Å². The number of carbonyl (C=O) groups is 2. The summed E-state index contributed by atoms with van der Waals surface area (Å²) in [6, 6.07) is 6.77. The zero-order valence-corrected chi connectivity index (χ0v) is 15.4. The van der Waals surface area contributed by atoms with Crippen LogP contribution in [-0.2, 0) is 6.54 Å². The number of urea groups is 1. The smallest absolute Gasteiger partial charge is 0.323 e. The van der Waals surface area contributed by atoms with Crippen molar-refractivity contribution in [1.29, 1.82) is 0 Å². The minimum atomic E-state index is -0.401. The van der Waals surface area contributed by atoms with Crippen LogP contribution in [0, 0.1) is 0 Å². The van der Waals surface area contributed by atoms with Gasteiger partial charge in [0.2, 0.25) is 0 Å². The highest BCUT2D eigenvalue weighted by Gasteiger charge is 2.24. The fourth-order valence-electron chi connectivity index (χ4n) is 3.21. The van der Waals surface area contributed by atoms with Crippen molar-refractivity contribution in [2.24, 2.45) is 0 Å². The van der Waals surface area contributed by atoms with Crippen LogP contribution in [0.15, 0.2) is 36.7 Å². The van der Waals surface area contributed by atoms with Gasteiger partial charge in [0, 0.05) is 30.0 Å². The van der Waals surface area contributed by atoms with Crippen molar-refractivity contribution in [2.45, 2.75) is 38.8 Å². The summed E-state index contributed by atoms with van der Waals surface area (Å²) in [6.07, 6.45) is 6.40. The van der Waals surface area contributed by atoms with Crippen molar-refractivity contribution >= 4 is 23.3 Å². The number of hydrogen-bond donors (Lipinski definition) is 3. The lowest BCUT2D eigenvalue weighted by molar-refractivity contribution is 0.0635. The molecule has 1 fully saturated rings. The molecule has 1 aliphatic heterocycles. The van der Waals surface area contributed by atoms with Gasteiger partial charge in [-0.3, -0.25) is 9.48 Å². The maximum Gasteiger partial charge on any atom is 0.323 e. The molecule has 3 N–H and O–H groups in total. The third kappa shape index (κ3) is 4.85. The number of benzene rings is 1. The molecule has 8 nitrogen and oxygen atoms in total. The number of aromatic nitrogens is 2. The van der Waals surface area contributed by atoms with Gasteiger partial charge >= 0.3 is 6.03 Å². The largest absolute Gasteiger partial charge is 0.394 e. The molecule has 0 unspecified atom stereocenters. The zero-order valence-electron chi connectivity index (χ0n) is 15.4. The fraction of sp³-hybridized carbons (Fsp3) is 0.421. The molecule has 3 amide bonds. The number of likely N-dealkylation sites (tertiary alicyclic amines) is 1. The number of aliphatic hydroxyl groups excluding tert-OH is 1. The second-order valence-corrected chi connectivity index (χ2v) is 6.72. The Morgan fingerprint density at radius 3 is 2.63 bits per heavy atom. The van der Waals surface area contributed by atoms with Crippen LogP contribution in [0.25, 0.3) is 0 Å². The lowest BCUT2D eigenvalue weighted by atomic mass is 10.0. The van der Waals surface area contributed by atoms with E-state index < -0.39 is 6.03 Å². The molecule has 0 radical (unpaired) electrons. The molecule has 1 atom stereocenters. The van der Waals surface area contributed by atoms with E-state index in [1.54, 1.807) is 30.5 Å². The molecule has 3 rings (SSSR count). The SMILES string of the molecule is C[C@@H]1CCCCN1C(=O)c1ccc(NC(=O)Nc2cnn(CCO)c2)cc1. The molecular weight excluding hydrogens is 346 g/mol. The molecule has 1 saturated heterocycles. The predicted octanol–water partition coefficient (Wildman–Crippen LogP) is 2.53. The standard InChI is InChI=1S/C19H25N5O3/c1-14-4-2-3-9-24(14)18(26)15-5-7-16(8-6-15)21-19(27)22-17-12-20-23(13-17)10-11-25/h5-8,12-14,25H,2-4,9-11H2,1H3,(H2,21,22,27)/t14-/m1/s1. The molecule has 27 heavy (non-hydrogen) atoms. The zero-order chi connectivity index (χ0) is 19.2. The molecule has 144 valence electrons. The van der Waals surface area contributed by atoms with E-state index in [0.717, 1.165) is 19.4 Å². The highest BCUT2D eigenvalue weighted by Crippen LogP contribution is 2.20. The Balaban J connectivity index is 1.56. The van der Waals surface area contributed by atoms with Crippen molar-refractivity contribution < 1.29 is 14.7 Å². The first-order chi connectivity index (χ1) is 13.1. The Hall–Kier alpha value is -2.87. The summed E-state index contributed by atoms with van der Waals surface area (Å²) in [5, 5.41) is 18.3. The summed E-state index contributed by atoms with van der Waals surface area (Å²) in [5.41, 5.74) is 1.75. The summed E-state index contributed by atoms with van der Waals surface area (Å²) < 4.78 is 1.54. The average Bonchev–Trinajstić information content (AvgIpc) is 3.09. The second kappa shape index (κ2) is 8.68. The molecule has 0 bridgehead atoms. The second-order valence-electron chi connectivity index (χ2n) is 6.72. The molecule has 0 aliphatic carbocycles. The van der Waals surface area contributed by atoms with Crippen LogP contribution in [0.3, 0.4) is 0 Å². The fourth-order valence-corrected chi connectivity index (χ4v) is 3.21. The lowest BCUT2D eigenvalue weighted by Crippen LogP contribution is -2.42. The van der Waals surface area contributed by atoms with E-state index >= 15 is 0 Å². The number of amides is 3. The maximum atomic E-state index is 12.6. The van der Waals surface area contributed by atoms with E-state index in [-0.39, 0.29) is 18.6 Å². The van der Waals surface area contributed by atoms with E-state index in [1.165, 1.54) is 17.3 Å². The van der Waals surface area contributed by atoms with E-state index in [4.69, 9.17) is 5.11 Å². The van der Waals surface area contributed by atoms with Gasteiger partial charge in [-0.25, -0.2) is 4.79 Å². The van der Waals surface area contributed by atoms with Gasteiger partial charge in [-0.1, -0.05) is 0 Å². The average molecular weight is 371 g/mol. The van der Waals surface area contributed by atoms with Crippen LogP contribution in [0.1, 0.15) is 36.5 Å². The van der Waals surface area contributed by atoms with Crippen molar-refractivity contribution in [3.63, 3.8) is 0 Å². The molecule has 8 heteroatoms. The molecule has 2 heterocycles. The monoisotopic (exact) mass is 371 g/mol. The summed E-state index contributed by atoms with van der Waals surface area (Å²) in [6.45, 7) is 3.23. The van der Waals surface area contributed by atoms with Gasteiger partial charge in [0.25, 0.3) is 5.91 Å². The molecule has 1 aromatic carbocycles. The molecule has 0 saturated carbocycles. The number of hydrogen-bond acceptors (Lipinski definition) is 4. The Bertz CT molecular complexity index is 787. The number of rotatable bonds is 5. The minimum absolute atomic E-state index is 0.0193. The first-order valence-electron chi connectivity index (χ1n) is 9.19. The summed E-state index contributed by atoms with van der Waals surface area (Å²) in [5.74, 6) is 0.0366. The number of nitrogens with zero attached hydrogens (tertiary/aromatic N) is 3. The predicted molar refractivity (Wildman–Crippen MR) is 103 cm³/mol. The third-order valence-electron chi connectivity index (χ3n) is 4.67. The highest BCUT2D eigenvalue weighted by atomic mass is 16.3. The maximum absolute atomic E-state index is 12.6. The summed E-state index contributed by atoms with van der Waals surface area (Å²) in [7, 11) is 0. The van der Waals surface area contributed by atoms with Gasteiger partial charge in [0.05, 0.1) is 25.0 Å². The number of anilines is 2. The number of piperidine rings is 1. The Morgan fingerprint density at radius 1 is 1.19 bits per heavy atom. The van der Waals surface area contributed by atoms with Crippen LogP contribution in [0.5, 0.6) is 0 Å². The van der Waals surface area contributed by atoms with Crippen LogP contribution in [0.2, 0.25) is 0 Å². The first-order valence-corrected chi connectivity index (χ1v) is 9.19. The van der Waals surface area contributed by atoms with E-state index in [9.17, 15) is 9.59 Å². The van der Waals surface area contributed by atoms with E-state index in [0.29, 0.717) is 23.5 Å². The molecule has 1 aromatic heterocycles. The number of carbonyl (C=O) groups excluding carboxylic acids is 2. The Labute approximate surface area is 158 Å². The number of nitrogens with one attached hydrogen (secondary N) is 2. The normalized spacial score (nSPS) is 16.8.